The number of nitrogens with one attached hydrogen (secondary N) is 12. The highest BCUT2D eigenvalue weighted by Crippen LogP contribution is 2.46. The van der Waals surface area contributed by atoms with Crippen LogP contribution in [0.25, 0.3) is 45.6 Å². The molecule has 0 radical (unpaired) electrons. The second-order valence-electron chi connectivity index (χ2n) is 34.7. The number of ether oxygens (including phenoxy) is 4. The molecule has 696 valence electrons. The van der Waals surface area contributed by atoms with Gasteiger partial charge in [0.05, 0.1) is 118 Å². The number of benzene rings is 4. The van der Waals surface area contributed by atoms with Crippen LogP contribution in [0.3, 0.4) is 0 Å². The summed E-state index contributed by atoms with van der Waals surface area (Å²) in [5.74, 6) is 5.84. The molecule has 6 saturated carbocycles. The van der Waals surface area contributed by atoms with Crippen molar-refractivity contribution in [2.45, 2.75) is 142 Å². The molecule has 0 atom stereocenters. The van der Waals surface area contributed by atoms with Crippen molar-refractivity contribution < 1.29 is 57.3 Å². The first-order valence-electron chi connectivity index (χ1n) is 44.2. The van der Waals surface area contributed by atoms with Crippen molar-refractivity contribution in [3.8, 4) is 68.5 Å². The number of aryl methyl sites for hydroxylation is 4. The average molecular weight is 1820 g/mol. The molecule has 6 aliphatic rings. The number of ketones is 4. The van der Waals surface area contributed by atoms with E-state index in [2.05, 4.69) is 124 Å². The van der Waals surface area contributed by atoms with Gasteiger partial charge in [0, 0.05) is 125 Å². The second kappa shape index (κ2) is 41.1. The Labute approximate surface area is 772 Å². The summed E-state index contributed by atoms with van der Waals surface area (Å²) in [5.41, 5.74) is 9.07. The number of hydrogen-bond acceptors (Lipinski definition) is 28. The average Bonchev–Trinajstić information content (AvgIpc) is 1.62. The Morgan fingerprint density at radius 2 is 0.604 bits per heavy atom. The predicted octanol–water partition coefficient (Wildman–Crippen LogP) is 15.3. The SMILES string of the molecule is COc1c(Nc2cc(NC(=O)NC(C)(C)C)ncc2C(=O)C2CC2)cccc1-c1ncn(C)n1.COc1c(Nc2cc(NC(=O)NC(C)C)ncc2C(=O)C2CC2)cccc1-c1ncn(C)n1.COc1c(Nc2cc(NC(=O)NC3CC3)ncc2C(=O)C2CC2)cccc1-c1ncn(C)n1.COc1c(Nc2cc(NC(=O)NC3CCC3)ncc2C(=O)C2CC2)cccc1-c1ncn(C)n1. The van der Waals surface area contributed by atoms with Crippen LogP contribution in [-0.2, 0) is 28.2 Å². The Bertz CT molecular complexity index is 6190. The summed E-state index contributed by atoms with van der Waals surface area (Å²) < 4.78 is 29.2. The minimum absolute atomic E-state index is 0.0105. The number of carbonyl (C=O) groups excluding carboxylic acids is 8. The molecular formula is C94H108N28O12. The van der Waals surface area contributed by atoms with Crippen LogP contribution in [-0.4, -0.2) is 178 Å². The van der Waals surface area contributed by atoms with Crippen LogP contribution in [0.15, 0.2) is 147 Å². The van der Waals surface area contributed by atoms with Gasteiger partial charge in [-0.05, 0) is 167 Å². The summed E-state index contributed by atoms with van der Waals surface area (Å²) >= 11 is 0. The number of methoxy groups -OCH3 is 4. The minimum Gasteiger partial charge on any atom is -0.494 e. The van der Waals surface area contributed by atoms with Gasteiger partial charge in [-0.15, -0.1) is 0 Å². The van der Waals surface area contributed by atoms with E-state index in [4.69, 9.17) is 18.9 Å². The van der Waals surface area contributed by atoms with E-state index < -0.39 is 5.54 Å². The van der Waals surface area contributed by atoms with Crippen LogP contribution in [0.4, 0.5) is 87.9 Å². The van der Waals surface area contributed by atoms with Crippen molar-refractivity contribution in [1.82, 2.24) is 100 Å². The van der Waals surface area contributed by atoms with E-state index >= 15 is 0 Å². The van der Waals surface area contributed by atoms with Crippen LogP contribution >= 0.6 is 0 Å². The predicted molar refractivity (Wildman–Crippen MR) is 504 cm³/mol. The third-order valence-corrected chi connectivity index (χ3v) is 22.0. The van der Waals surface area contributed by atoms with E-state index in [1.807, 2.05) is 107 Å². The molecule has 134 heavy (non-hydrogen) atoms. The third kappa shape index (κ3) is 23.9. The number of Topliss-reactive ketones (excluding diaryl/α,β-unsaturated/α-hetero) is 4. The van der Waals surface area contributed by atoms with E-state index in [1.54, 1.807) is 125 Å². The Balaban J connectivity index is 0.000000136. The normalized spacial score (nSPS) is 14.2. The van der Waals surface area contributed by atoms with E-state index in [0.717, 1.165) is 94.6 Å². The third-order valence-electron chi connectivity index (χ3n) is 22.0. The number of aromatic nitrogens is 16. The standard InChI is InChI=1S/C24H27N7O3.C24H29N7O3.C23H25N7O3.C23H27N7O3/c1-31-13-26-23(30-31)16-7-4-8-18(22(16)34-2)28-19-11-20(29-24(33)27-15-5-3-6-15)25-12-17(19)21(32)14-9-10-14;1-24(2,3)29-23(33)28-19-11-18(16(12-25-19)20(32)14-9-10-14)27-17-8-6-7-15(21(17)34-5)22-26-13-31(4)30-22;1-30-12-25-22(29-30)15-4-3-5-17(21(15)33-2)27-18-10-19(28-23(32)26-14-8-9-14)24-11-16(18)20(31)13-6-7-13;1-13(2)26-23(32)28-19-10-18(16(11-24-19)20(31)14-8-9-14)27-17-7-5-6-15(21(17)33-4)22-25-12-30(3)29-22/h4,7-8,11-15H,3,5-6,9-10H2,1-2H3,(H3,25,27,28,29,33);6-8,11-14H,9-10H2,1-5H3,(H3,25,27,28,29,33);3-5,10-14H,6-9H2,1-2H3,(H3,24,26,27,28,32);5-7,10-14H,8-9H2,1-4H3,(H3,24,26,27,28,32). The molecule has 8 amide bonds. The molecule has 18 rings (SSSR count). The van der Waals surface area contributed by atoms with Gasteiger partial charge in [-0.25, -0.2) is 59.0 Å². The van der Waals surface area contributed by atoms with Gasteiger partial charge in [-0.2, -0.15) is 20.4 Å². The zero-order valence-corrected chi connectivity index (χ0v) is 76.6. The molecule has 12 N–H and O–H groups in total. The summed E-state index contributed by atoms with van der Waals surface area (Å²) in [6, 6.07) is 28.0. The van der Waals surface area contributed by atoms with E-state index in [-0.39, 0.29) is 89.1 Å². The topological polar surface area (TPSA) is 492 Å². The lowest BCUT2D eigenvalue weighted by Gasteiger charge is -2.26. The summed E-state index contributed by atoms with van der Waals surface area (Å²) in [5, 5.41) is 53.1. The van der Waals surface area contributed by atoms with Crippen LogP contribution in [0.5, 0.6) is 23.0 Å². The van der Waals surface area contributed by atoms with E-state index in [0.29, 0.717) is 148 Å². The van der Waals surface area contributed by atoms with Crippen molar-refractivity contribution in [2.75, 3.05) is 71.0 Å². The molecule has 0 spiro atoms. The Morgan fingerprint density at radius 1 is 0.343 bits per heavy atom. The summed E-state index contributed by atoms with van der Waals surface area (Å²) in [6.45, 7) is 9.40. The fraction of sp³-hybridized carbons (Fsp3) is 0.362. The Kier molecular flexibility index (Phi) is 28.5. The highest BCUT2D eigenvalue weighted by Gasteiger charge is 2.38. The molecule has 0 unspecified atom stereocenters. The highest BCUT2D eigenvalue weighted by atomic mass is 16.5. The van der Waals surface area contributed by atoms with Gasteiger partial charge in [0.15, 0.2) is 69.4 Å². The van der Waals surface area contributed by atoms with Gasteiger partial charge in [0.2, 0.25) is 0 Å². The number of hydrogen-bond donors (Lipinski definition) is 12. The Hall–Kier alpha value is -15.8. The second-order valence-corrected chi connectivity index (χ2v) is 34.7. The first-order chi connectivity index (χ1) is 64.5. The minimum atomic E-state index is -0.402. The number of rotatable bonds is 31. The van der Waals surface area contributed by atoms with Crippen LogP contribution in [0, 0.1) is 23.7 Å². The van der Waals surface area contributed by atoms with Crippen molar-refractivity contribution in [1.29, 1.82) is 0 Å². The van der Waals surface area contributed by atoms with Gasteiger partial charge in [-0.1, -0.05) is 24.3 Å². The monoisotopic (exact) mass is 1820 g/mol. The number of anilines is 12. The van der Waals surface area contributed by atoms with Crippen LogP contribution < -0.4 is 82.7 Å². The smallest absolute Gasteiger partial charge is 0.320 e. The zero-order valence-electron chi connectivity index (χ0n) is 76.6. The fourth-order valence-corrected chi connectivity index (χ4v) is 14.5. The van der Waals surface area contributed by atoms with Crippen molar-refractivity contribution in [2.24, 2.45) is 51.9 Å². The number of para-hydroxylation sites is 4. The largest absolute Gasteiger partial charge is 0.494 e. The number of urea groups is 4. The first kappa shape index (κ1) is 92.9. The molecular weight excluding hydrogens is 1710 g/mol. The quantitative estimate of drug-likeness (QED) is 0.0180. The summed E-state index contributed by atoms with van der Waals surface area (Å²) in [4.78, 5) is 135. The molecule has 4 aromatic carbocycles. The van der Waals surface area contributed by atoms with Crippen LogP contribution in [0.1, 0.15) is 160 Å². The zero-order chi connectivity index (χ0) is 94.6. The summed E-state index contributed by atoms with van der Waals surface area (Å²) in [7, 11) is 13.5. The van der Waals surface area contributed by atoms with Crippen molar-refractivity contribution in [3.63, 3.8) is 0 Å². The van der Waals surface area contributed by atoms with E-state index in [1.165, 1.54) is 24.8 Å². The first-order valence-corrected chi connectivity index (χ1v) is 44.2. The lowest BCUT2D eigenvalue weighted by molar-refractivity contribution is 0.0960. The number of pyridine rings is 4. The van der Waals surface area contributed by atoms with E-state index in [9.17, 15) is 38.4 Å². The lowest BCUT2D eigenvalue weighted by Crippen LogP contribution is -2.43. The maximum atomic E-state index is 13.0. The van der Waals surface area contributed by atoms with Gasteiger partial charge in [0.25, 0.3) is 0 Å². The van der Waals surface area contributed by atoms with Gasteiger partial charge >= 0.3 is 24.1 Å². The van der Waals surface area contributed by atoms with Crippen molar-refractivity contribution >= 4 is 116 Å². The number of amides is 8. The molecule has 0 saturated heterocycles. The molecule has 0 aliphatic heterocycles. The Morgan fingerprint density at radius 3 is 0.821 bits per heavy atom. The molecule has 40 heteroatoms. The fourth-order valence-electron chi connectivity index (χ4n) is 14.5. The van der Waals surface area contributed by atoms with Crippen molar-refractivity contribution in [3.05, 3.63) is 169 Å². The molecule has 12 aromatic rings. The number of carbonyl (C=O) groups is 8. The number of nitrogens with zero attached hydrogens (tertiary/aromatic N) is 16. The molecule has 8 aromatic heterocycles. The van der Waals surface area contributed by atoms with Gasteiger partial charge in [-0.3, -0.25) is 59.2 Å². The van der Waals surface area contributed by atoms with Crippen LogP contribution in [0.2, 0.25) is 0 Å². The summed E-state index contributed by atoms with van der Waals surface area (Å²) in [6.07, 6.45) is 24.6. The molecule has 8 heterocycles. The maximum Gasteiger partial charge on any atom is 0.320 e. The highest BCUT2D eigenvalue weighted by molar-refractivity contribution is 6.08. The van der Waals surface area contributed by atoms with Gasteiger partial charge in [0.1, 0.15) is 48.6 Å². The molecule has 40 nitrogen and oxygen atoms in total. The van der Waals surface area contributed by atoms with Gasteiger partial charge < -0.3 is 61.5 Å². The molecule has 6 aliphatic carbocycles. The molecule has 6 fully saturated rings. The molecule has 0 bridgehead atoms. The maximum absolute atomic E-state index is 13.0. The lowest BCUT2D eigenvalue weighted by atomic mass is 9.93.